The molecule has 0 aliphatic carbocycles. The van der Waals surface area contributed by atoms with Gasteiger partial charge in [0.25, 0.3) is 0 Å². The molecule has 4 rings (SSSR count). The van der Waals surface area contributed by atoms with E-state index >= 15 is 0 Å². The van der Waals surface area contributed by atoms with Crippen LogP contribution in [0.1, 0.15) is 0 Å². The summed E-state index contributed by atoms with van der Waals surface area (Å²) in [5.41, 5.74) is 3.80. The van der Waals surface area contributed by atoms with E-state index < -0.39 is 0 Å². The third-order valence-corrected chi connectivity index (χ3v) is 5.22. The number of aromatic hydroxyl groups is 2. The quantitative estimate of drug-likeness (QED) is 0.372. The van der Waals surface area contributed by atoms with Gasteiger partial charge in [0.1, 0.15) is 23.0 Å². The number of aromatic nitrogens is 1. The second kappa shape index (κ2) is 5.49. The van der Waals surface area contributed by atoms with Gasteiger partial charge in [0, 0.05) is 23.3 Å². The van der Waals surface area contributed by atoms with Gasteiger partial charge in [-0.15, -0.1) is 0 Å². The summed E-state index contributed by atoms with van der Waals surface area (Å²) in [5.74, 6) is 0.0607. The Balaban J connectivity index is 2.26. The van der Waals surface area contributed by atoms with Gasteiger partial charge in [-0.25, -0.2) is 0 Å². The van der Waals surface area contributed by atoms with Crippen molar-refractivity contribution in [3.05, 3.63) is 65.1 Å². The van der Waals surface area contributed by atoms with Gasteiger partial charge in [0.05, 0.1) is 10.8 Å². The van der Waals surface area contributed by atoms with E-state index in [9.17, 15) is 10.2 Å². The van der Waals surface area contributed by atoms with Crippen molar-refractivity contribution in [2.75, 3.05) is 0 Å². The first kappa shape index (κ1) is 15.0. The molecule has 0 atom stereocenters. The van der Waals surface area contributed by atoms with Crippen LogP contribution in [0.3, 0.4) is 0 Å². The fraction of sp³-hybridized carbons (Fsp3) is 0.0500. The van der Waals surface area contributed by atoms with Crippen molar-refractivity contribution < 1.29 is 14.8 Å². The van der Waals surface area contributed by atoms with Crippen LogP contribution in [0, 0.1) is 0 Å². The van der Waals surface area contributed by atoms with Gasteiger partial charge in [-0.2, -0.15) is 4.57 Å². The topological polar surface area (TPSA) is 44.3 Å². The molecule has 0 amide bonds. The van der Waals surface area contributed by atoms with Crippen molar-refractivity contribution in [3.63, 3.8) is 0 Å². The van der Waals surface area contributed by atoms with Gasteiger partial charge in [-0.1, -0.05) is 24.3 Å². The molecule has 1 aromatic heterocycles. The minimum absolute atomic E-state index is 0.0198. The first-order chi connectivity index (χ1) is 11.6. The summed E-state index contributed by atoms with van der Waals surface area (Å²) in [6.45, 7) is 0. The summed E-state index contributed by atoms with van der Waals surface area (Å²) in [6.07, 6.45) is 0. The third kappa shape index (κ3) is 2.07. The highest BCUT2D eigenvalue weighted by atomic mass is 79.9. The lowest BCUT2D eigenvalue weighted by Crippen LogP contribution is -2.30. The monoisotopic (exact) mass is 380 g/mol. The molecule has 0 fully saturated rings. The van der Waals surface area contributed by atoms with Crippen LogP contribution < -0.4 is 4.57 Å². The van der Waals surface area contributed by atoms with Crippen LogP contribution in [0.15, 0.2) is 65.1 Å². The van der Waals surface area contributed by atoms with Crippen LogP contribution in [-0.2, 0) is 7.05 Å². The molecule has 118 valence electrons. The lowest BCUT2D eigenvalue weighted by molar-refractivity contribution is -0.617. The molecule has 0 aliphatic heterocycles. The lowest BCUT2D eigenvalue weighted by Gasteiger charge is -2.13. The highest BCUT2D eigenvalue weighted by Gasteiger charge is 2.21. The van der Waals surface area contributed by atoms with Gasteiger partial charge in [0.15, 0.2) is 0 Å². The first-order valence-electron chi connectivity index (χ1n) is 7.60. The number of rotatable bonds is 1. The number of benzene rings is 3. The Morgan fingerprint density at radius 2 is 1.33 bits per heavy atom. The average Bonchev–Trinajstić information content (AvgIpc) is 2.62. The van der Waals surface area contributed by atoms with Gasteiger partial charge in [-0.3, -0.25) is 0 Å². The maximum absolute atomic E-state index is 10.6. The number of nitrogens with zero attached hydrogens (tertiary/aromatic N) is 1. The number of phenolic OH excluding ortho intramolecular Hbond substituents is 2. The van der Waals surface area contributed by atoms with Crippen molar-refractivity contribution in [1.82, 2.24) is 0 Å². The standard InChI is InChI=1S/C20H14BrNO2/c1-22-15-8-4-2-6-12(15)18(13-7-3-5-9-16(13)22)14-10-11-17(23)19(21)20(14)24/h2-11H,1H3,(H,23,24)/p+1. The van der Waals surface area contributed by atoms with Gasteiger partial charge >= 0.3 is 0 Å². The van der Waals surface area contributed by atoms with E-state index in [2.05, 4.69) is 44.8 Å². The zero-order chi connectivity index (χ0) is 16.8. The van der Waals surface area contributed by atoms with Crippen LogP contribution in [0.25, 0.3) is 32.9 Å². The second-order valence-corrected chi connectivity index (χ2v) is 6.56. The molecular formula is C20H15BrNO2+. The molecule has 0 bridgehead atoms. The average molecular weight is 381 g/mol. The van der Waals surface area contributed by atoms with E-state index in [4.69, 9.17) is 0 Å². The normalized spacial score (nSPS) is 11.2. The Morgan fingerprint density at radius 1 is 0.792 bits per heavy atom. The fourth-order valence-electron chi connectivity index (χ4n) is 3.28. The molecule has 1 heterocycles. The van der Waals surface area contributed by atoms with E-state index in [1.165, 1.54) is 0 Å². The molecule has 2 N–H and O–H groups in total. The summed E-state index contributed by atoms with van der Waals surface area (Å²) in [7, 11) is 2.04. The summed E-state index contributed by atoms with van der Waals surface area (Å²) >= 11 is 3.26. The number of pyridine rings is 1. The first-order valence-corrected chi connectivity index (χ1v) is 8.39. The van der Waals surface area contributed by atoms with Crippen LogP contribution in [0.5, 0.6) is 11.5 Å². The van der Waals surface area contributed by atoms with Crippen molar-refractivity contribution in [1.29, 1.82) is 0 Å². The van der Waals surface area contributed by atoms with Gasteiger partial charge in [0.2, 0.25) is 11.0 Å². The fourth-order valence-corrected chi connectivity index (χ4v) is 3.62. The maximum Gasteiger partial charge on any atom is 0.213 e. The molecule has 0 saturated carbocycles. The SMILES string of the molecule is C[n+]1c2ccccc2c(-c2ccc(O)c(Br)c2O)c2ccccc21. The number of fused-ring (bicyclic) bond motifs is 2. The smallest absolute Gasteiger partial charge is 0.213 e. The van der Waals surface area contributed by atoms with Crippen LogP contribution in [0.4, 0.5) is 0 Å². The zero-order valence-electron chi connectivity index (χ0n) is 13.0. The molecule has 0 aliphatic rings. The molecule has 0 radical (unpaired) electrons. The number of para-hydroxylation sites is 2. The van der Waals surface area contributed by atoms with Crippen molar-refractivity contribution in [2.45, 2.75) is 0 Å². The minimum Gasteiger partial charge on any atom is -0.507 e. The highest BCUT2D eigenvalue weighted by molar-refractivity contribution is 9.10. The molecule has 0 saturated heterocycles. The molecule has 4 aromatic rings. The highest BCUT2D eigenvalue weighted by Crippen LogP contribution is 2.44. The zero-order valence-corrected chi connectivity index (χ0v) is 14.6. The summed E-state index contributed by atoms with van der Waals surface area (Å²) in [5, 5.41) is 22.5. The molecule has 4 heteroatoms. The van der Waals surface area contributed by atoms with E-state index in [1.807, 2.05) is 31.3 Å². The molecule has 3 aromatic carbocycles. The van der Waals surface area contributed by atoms with Crippen LogP contribution in [-0.4, -0.2) is 10.2 Å². The second-order valence-electron chi connectivity index (χ2n) is 5.76. The Bertz CT molecular complexity index is 1050. The van der Waals surface area contributed by atoms with E-state index in [-0.39, 0.29) is 11.5 Å². The number of aryl methyl sites for hydroxylation is 1. The van der Waals surface area contributed by atoms with Crippen molar-refractivity contribution in [2.24, 2.45) is 7.05 Å². The van der Waals surface area contributed by atoms with Gasteiger partial charge < -0.3 is 10.2 Å². The molecule has 3 nitrogen and oxygen atoms in total. The summed E-state index contributed by atoms with van der Waals surface area (Å²) in [4.78, 5) is 0. The number of hydrogen-bond acceptors (Lipinski definition) is 2. The molecular weight excluding hydrogens is 366 g/mol. The predicted octanol–water partition coefficient (Wildman–Crippen LogP) is 4.66. The number of halogens is 1. The van der Waals surface area contributed by atoms with Gasteiger partial charge in [-0.05, 0) is 40.2 Å². The summed E-state index contributed by atoms with van der Waals surface area (Å²) in [6, 6.07) is 19.6. The summed E-state index contributed by atoms with van der Waals surface area (Å²) < 4.78 is 2.46. The molecule has 0 unspecified atom stereocenters. The molecule has 0 spiro atoms. The van der Waals surface area contributed by atoms with Crippen LogP contribution >= 0.6 is 15.9 Å². The largest absolute Gasteiger partial charge is 0.507 e. The lowest BCUT2D eigenvalue weighted by atomic mass is 9.95. The maximum atomic E-state index is 10.6. The van der Waals surface area contributed by atoms with E-state index in [0.29, 0.717) is 10.0 Å². The van der Waals surface area contributed by atoms with Crippen molar-refractivity contribution >= 4 is 37.7 Å². The number of phenols is 2. The Kier molecular flexibility index (Phi) is 3.43. The van der Waals surface area contributed by atoms with E-state index in [0.717, 1.165) is 27.4 Å². The Morgan fingerprint density at radius 3 is 1.92 bits per heavy atom. The Hall–Kier alpha value is -2.59. The minimum atomic E-state index is 0.0198. The third-order valence-electron chi connectivity index (χ3n) is 4.43. The Labute approximate surface area is 147 Å². The van der Waals surface area contributed by atoms with Crippen molar-refractivity contribution in [3.8, 4) is 22.6 Å². The predicted molar refractivity (Wildman–Crippen MR) is 99.1 cm³/mol. The number of hydrogen-bond donors (Lipinski definition) is 2. The van der Waals surface area contributed by atoms with Crippen LogP contribution in [0.2, 0.25) is 0 Å². The van der Waals surface area contributed by atoms with E-state index in [1.54, 1.807) is 12.1 Å². The molecule has 24 heavy (non-hydrogen) atoms.